The molecule has 0 N–H and O–H groups in total. The van der Waals surface area contributed by atoms with E-state index in [1.54, 1.807) is 0 Å². The lowest BCUT2D eigenvalue weighted by Crippen LogP contribution is -2.19. The summed E-state index contributed by atoms with van der Waals surface area (Å²) in [7, 11) is 0. The maximum Gasteiger partial charge on any atom is 0.417 e. The molecule has 0 saturated heterocycles. The van der Waals surface area contributed by atoms with E-state index in [1.165, 1.54) is 6.92 Å². The van der Waals surface area contributed by atoms with Crippen molar-refractivity contribution < 1.29 is 53.5 Å². The zero-order valence-electron chi connectivity index (χ0n) is 20.7. The number of benzene rings is 2. The van der Waals surface area contributed by atoms with Crippen LogP contribution in [0.1, 0.15) is 65.6 Å². The van der Waals surface area contributed by atoms with Gasteiger partial charge in [0.1, 0.15) is 17.5 Å². The normalized spacial score (nSPS) is 14.6. The molecule has 0 amide bonds. The molecule has 0 bridgehead atoms. The standard InChI is InChI=1S/C26H19Cl3F10O2/c1-12(6-15(40)4-5-24(31,32)33)7-22(41)16-3-2-13(8-18(16)26(37,38)39)21(30)11-17(25(34,35)36)14-9-19(27)23(29)20(28)10-14/h2-3,8-12,17H,4-7H2,1H3/b21-11-/t12-,17?/m1/s1. The van der Waals surface area contributed by atoms with Gasteiger partial charge in [-0.1, -0.05) is 53.9 Å². The van der Waals surface area contributed by atoms with Crippen molar-refractivity contribution in [1.82, 2.24) is 0 Å². The molecule has 0 heterocycles. The molecule has 2 atom stereocenters. The van der Waals surface area contributed by atoms with Gasteiger partial charge in [-0.3, -0.25) is 9.59 Å². The maximum absolute atomic E-state index is 15.0. The third-order valence-corrected chi connectivity index (χ3v) is 6.93. The third-order valence-electron chi connectivity index (χ3n) is 5.73. The number of carbonyl (C=O) groups excluding carboxylic acids is 2. The Kier molecular flexibility index (Phi) is 11.3. The van der Waals surface area contributed by atoms with Crippen molar-refractivity contribution in [2.24, 2.45) is 5.92 Å². The molecule has 1 unspecified atom stereocenters. The van der Waals surface area contributed by atoms with Crippen molar-refractivity contribution in [2.45, 2.75) is 57.1 Å². The predicted octanol–water partition coefficient (Wildman–Crippen LogP) is 10.8. The Morgan fingerprint density at radius 2 is 1.44 bits per heavy atom. The van der Waals surface area contributed by atoms with Crippen molar-refractivity contribution in [3.63, 3.8) is 0 Å². The Bertz CT molecular complexity index is 1290. The lowest BCUT2D eigenvalue weighted by molar-refractivity contribution is -0.143. The minimum atomic E-state index is -5.24. The molecule has 0 aromatic heterocycles. The monoisotopic (exact) mass is 658 g/mol. The molecule has 0 aliphatic carbocycles. The summed E-state index contributed by atoms with van der Waals surface area (Å²) in [4.78, 5) is 24.3. The largest absolute Gasteiger partial charge is 0.417 e. The Morgan fingerprint density at radius 1 is 0.878 bits per heavy atom. The van der Waals surface area contributed by atoms with E-state index in [0.29, 0.717) is 12.1 Å². The van der Waals surface area contributed by atoms with Crippen molar-refractivity contribution in [3.05, 3.63) is 73.7 Å². The van der Waals surface area contributed by atoms with Gasteiger partial charge in [0, 0.05) is 30.4 Å². The minimum Gasteiger partial charge on any atom is -0.300 e. The van der Waals surface area contributed by atoms with Gasteiger partial charge in [0.15, 0.2) is 5.78 Å². The van der Waals surface area contributed by atoms with Crippen LogP contribution in [0.2, 0.25) is 15.1 Å². The second-order valence-corrected chi connectivity index (χ2v) is 10.4. The fraction of sp³-hybridized carbons (Fsp3) is 0.385. The summed E-state index contributed by atoms with van der Waals surface area (Å²) in [5, 5.41) is -1.02. The predicted molar refractivity (Wildman–Crippen MR) is 134 cm³/mol. The number of rotatable bonds is 10. The van der Waals surface area contributed by atoms with Gasteiger partial charge in [0.05, 0.1) is 27.1 Å². The summed E-state index contributed by atoms with van der Waals surface area (Å²) in [6.07, 6.45) is -18.4. The van der Waals surface area contributed by atoms with Crippen molar-refractivity contribution in [2.75, 3.05) is 0 Å². The van der Waals surface area contributed by atoms with E-state index >= 15 is 0 Å². The molecule has 2 nitrogen and oxygen atoms in total. The average molecular weight is 660 g/mol. The highest BCUT2D eigenvalue weighted by Crippen LogP contribution is 2.43. The number of alkyl halides is 9. The highest BCUT2D eigenvalue weighted by molar-refractivity contribution is 6.48. The van der Waals surface area contributed by atoms with Gasteiger partial charge in [0.2, 0.25) is 0 Å². The van der Waals surface area contributed by atoms with Gasteiger partial charge in [-0.05, 0) is 35.8 Å². The molecule has 0 fully saturated rings. The van der Waals surface area contributed by atoms with E-state index in [1.807, 2.05) is 0 Å². The van der Waals surface area contributed by atoms with Crippen LogP contribution >= 0.6 is 34.8 Å². The first kappa shape index (κ1) is 34.9. The topological polar surface area (TPSA) is 34.1 Å². The summed E-state index contributed by atoms with van der Waals surface area (Å²) in [6.45, 7) is 1.28. The Morgan fingerprint density at radius 3 is 1.93 bits per heavy atom. The van der Waals surface area contributed by atoms with E-state index < -0.39 is 95.7 Å². The Labute approximate surface area is 242 Å². The first-order valence-corrected chi connectivity index (χ1v) is 12.6. The number of Topliss-reactive ketones (excluding diaryl/α,β-unsaturated/α-hetero) is 2. The molecule has 0 saturated carbocycles. The van der Waals surface area contributed by atoms with Crippen LogP contribution in [0.5, 0.6) is 0 Å². The van der Waals surface area contributed by atoms with Crippen LogP contribution in [0.3, 0.4) is 0 Å². The summed E-state index contributed by atoms with van der Waals surface area (Å²) in [5.41, 5.74) is -4.18. The van der Waals surface area contributed by atoms with Crippen LogP contribution in [-0.4, -0.2) is 23.9 Å². The number of halogens is 13. The summed E-state index contributed by atoms with van der Waals surface area (Å²) in [5.74, 6) is -7.32. The van der Waals surface area contributed by atoms with E-state index in [2.05, 4.69) is 0 Å². The molecule has 0 spiro atoms. The molecule has 2 aromatic rings. The fourth-order valence-electron chi connectivity index (χ4n) is 3.82. The van der Waals surface area contributed by atoms with Gasteiger partial charge in [0.25, 0.3) is 0 Å². The van der Waals surface area contributed by atoms with E-state index in [4.69, 9.17) is 34.8 Å². The van der Waals surface area contributed by atoms with Crippen LogP contribution in [0.25, 0.3) is 5.83 Å². The lowest BCUT2D eigenvalue weighted by atomic mass is 9.91. The van der Waals surface area contributed by atoms with Crippen molar-refractivity contribution in [3.8, 4) is 0 Å². The molecule has 0 aliphatic heterocycles. The first-order chi connectivity index (χ1) is 18.6. The lowest BCUT2D eigenvalue weighted by Gasteiger charge is -2.19. The second-order valence-electron chi connectivity index (χ2n) is 9.18. The quantitative estimate of drug-likeness (QED) is 0.145. The molecular weight excluding hydrogens is 641 g/mol. The van der Waals surface area contributed by atoms with Gasteiger partial charge in [-0.2, -0.15) is 39.5 Å². The SMILES string of the molecule is C[C@H](CC(=O)CCC(F)(F)F)CC(=O)c1ccc(/C(F)=C/C(c2cc(Cl)c(Cl)c(Cl)c2)C(F)(F)F)cc1C(F)(F)F. The number of ketones is 2. The molecule has 15 heteroatoms. The number of hydrogen-bond acceptors (Lipinski definition) is 2. The third kappa shape index (κ3) is 10.2. The Balaban J connectivity index is 2.39. The molecular formula is C26H19Cl3F10O2. The highest BCUT2D eigenvalue weighted by atomic mass is 35.5. The molecule has 2 rings (SSSR count). The second kappa shape index (κ2) is 13.3. The minimum absolute atomic E-state index is 0.0154. The smallest absolute Gasteiger partial charge is 0.300 e. The number of hydrogen-bond donors (Lipinski definition) is 0. The first-order valence-electron chi connectivity index (χ1n) is 11.5. The summed E-state index contributed by atoms with van der Waals surface area (Å²) in [6, 6.07) is 2.95. The molecule has 2 aromatic carbocycles. The Hall–Kier alpha value is -2.31. The van der Waals surface area contributed by atoms with E-state index in [0.717, 1.165) is 12.1 Å². The molecule has 226 valence electrons. The van der Waals surface area contributed by atoms with Crippen LogP contribution < -0.4 is 0 Å². The maximum atomic E-state index is 15.0. The number of allylic oxidation sites excluding steroid dienone is 1. The molecule has 0 aliphatic rings. The highest BCUT2D eigenvalue weighted by Gasteiger charge is 2.41. The molecule has 0 radical (unpaired) electrons. The van der Waals surface area contributed by atoms with E-state index in [-0.39, 0.29) is 27.2 Å². The van der Waals surface area contributed by atoms with Gasteiger partial charge < -0.3 is 0 Å². The van der Waals surface area contributed by atoms with Crippen LogP contribution in [0.15, 0.2) is 36.4 Å². The molecule has 41 heavy (non-hydrogen) atoms. The van der Waals surface area contributed by atoms with Crippen LogP contribution in [0, 0.1) is 5.92 Å². The van der Waals surface area contributed by atoms with Crippen LogP contribution in [0.4, 0.5) is 43.9 Å². The van der Waals surface area contributed by atoms with Gasteiger partial charge in [-0.25, -0.2) is 4.39 Å². The number of carbonyl (C=O) groups is 2. The van der Waals surface area contributed by atoms with E-state index in [9.17, 15) is 53.5 Å². The van der Waals surface area contributed by atoms with Crippen molar-refractivity contribution >= 4 is 52.2 Å². The zero-order chi connectivity index (χ0) is 31.5. The van der Waals surface area contributed by atoms with Crippen molar-refractivity contribution in [1.29, 1.82) is 0 Å². The van der Waals surface area contributed by atoms with Crippen LogP contribution in [-0.2, 0) is 11.0 Å². The zero-order valence-corrected chi connectivity index (χ0v) is 22.9. The summed E-state index contributed by atoms with van der Waals surface area (Å²) < 4.78 is 134. The van der Waals surface area contributed by atoms with Gasteiger partial charge in [-0.15, -0.1) is 0 Å². The summed E-state index contributed by atoms with van der Waals surface area (Å²) >= 11 is 17.3. The fourth-order valence-corrected chi connectivity index (χ4v) is 4.43. The average Bonchev–Trinajstić information content (AvgIpc) is 2.82. The van der Waals surface area contributed by atoms with Gasteiger partial charge >= 0.3 is 18.5 Å².